The van der Waals surface area contributed by atoms with Gasteiger partial charge in [-0.3, -0.25) is 9.20 Å². The lowest BCUT2D eigenvalue weighted by molar-refractivity contribution is 0.0462. The van der Waals surface area contributed by atoms with Gasteiger partial charge in [-0.2, -0.15) is 0 Å². The fourth-order valence-corrected chi connectivity index (χ4v) is 2.69. The maximum absolute atomic E-state index is 12.0. The number of fused-ring (bicyclic) bond motifs is 1. The van der Waals surface area contributed by atoms with Gasteiger partial charge in [0.15, 0.2) is 10.8 Å². The summed E-state index contributed by atoms with van der Waals surface area (Å²) < 4.78 is 6.60. The van der Waals surface area contributed by atoms with Crippen LogP contribution in [-0.4, -0.2) is 26.9 Å². The molecule has 3 rings (SSSR count). The zero-order valence-corrected chi connectivity index (χ0v) is 13.5. The molecule has 1 N–H and O–H groups in total. The van der Waals surface area contributed by atoms with Gasteiger partial charge in [-0.1, -0.05) is 12.1 Å². The van der Waals surface area contributed by atoms with Crippen LogP contribution in [-0.2, 0) is 11.3 Å². The quantitative estimate of drug-likeness (QED) is 0.545. The summed E-state index contributed by atoms with van der Waals surface area (Å²) in [4.78, 5) is 32.4. The number of carbonyl (C=O) groups excluding carboxylic acids is 1. The Labute approximate surface area is 141 Å². The average Bonchev–Trinajstić information content (AvgIpc) is 3.07. The molecule has 0 amide bonds. The Morgan fingerprint density at radius 2 is 2.29 bits per heavy atom. The van der Waals surface area contributed by atoms with E-state index in [1.54, 1.807) is 35.9 Å². The van der Waals surface area contributed by atoms with E-state index in [1.165, 1.54) is 21.8 Å². The summed E-state index contributed by atoms with van der Waals surface area (Å²) in [5.74, 6) is -0.562. The Morgan fingerprint density at radius 3 is 3.12 bits per heavy atom. The van der Waals surface area contributed by atoms with Crippen LogP contribution in [0.3, 0.4) is 0 Å². The van der Waals surface area contributed by atoms with Gasteiger partial charge in [0.1, 0.15) is 12.3 Å². The zero-order valence-electron chi connectivity index (χ0n) is 12.6. The second-order valence-corrected chi connectivity index (χ2v) is 5.66. The number of pyridine rings is 1. The molecular formula is C16H14N4O3S. The Balaban J connectivity index is 1.69. The number of hydrogen-bond donors (Lipinski definition) is 1. The molecule has 0 saturated carbocycles. The van der Waals surface area contributed by atoms with E-state index in [4.69, 9.17) is 4.74 Å². The summed E-state index contributed by atoms with van der Waals surface area (Å²) in [6.07, 6.45) is 3.33. The minimum absolute atomic E-state index is 0.0909. The molecule has 0 atom stereocenters. The van der Waals surface area contributed by atoms with Crippen LogP contribution in [0.25, 0.3) is 5.65 Å². The molecule has 0 unspecified atom stereocenters. The van der Waals surface area contributed by atoms with E-state index in [2.05, 4.69) is 21.9 Å². The van der Waals surface area contributed by atoms with Crippen molar-refractivity contribution in [3.8, 4) is 0 Å². The molecule has 0 aliphatic heterocycles. The van der Waals surface area contributed by atoms with Gasteiger partial charge in [0.25, 0.3) is 5.56 Å². The highest BCUT2D eigenvalue weighted by molar-refractivity contribution is 7.13. The number of carbonyl (C=O) groups is 1. The molecule has 0 radical (unpaired) electrons. The molecule has 3 aromatic heterocycles. The number of esters is 1. The number of anilines is 1. The number of thiazole rings is 1. The highest BCUT2D eigenvalue weighted by atomic mass is 32.1. The summed E-state index contributed by atoms with van der Waals surface area (Å²) in [6, 6.07) is 6.59. The first kappa shape index (κ1) is 15.9. The number of nitrogens with zero attached hydrogens (tertiary/aromatic N) is 3. The van der Waals surface area contributed by atoms with E-state index in [0.717, 1.165) is 0 Å². The van der Waals surface area contributed by atoms with Crippen molar-refractivity contribution in [2.24, 2.45) is 0 Å². The molecule has 0 saturated heterocycles. The van der Waals surface area contributed by atoms with E-state index < -0.39 is 5.97 Å². The van der Waals surface area contributed by atoms with Crippen molar-refractivity contribution in [1.29, 1.82) is 0 Å². The third kappa shape index (κ3) is 3.49. The third-order valence-corrected chi connectivity index (χ3v) is 3.89. The second-order valence-electron chi connectivity index (χ2n) is 4.80. The highest BCUT2D eigenvalue weighted by Crippen LogP contribution is 2.16. The van der Waals surface area contributed by atoms with Crippen LogP contribution in [0.5, 0.6) is 0 Å². The predicted octanol–water partition coefficient (Wildman–Crippen LogP) is 2.11. The normalized spacial score (nSPS) is 10.5. The van der Waals surface area contributed by atoms with Gasteiger partial charge in [-0.25, -0.2) is 14.8 Å². The van der Waals surface area contributed by atoms with Crippen LogP contribution in [0, 0.1) is 0 Å². The summed E-state index contributed by atoms with van der Waals surface area (Å²) >= 11 is 1.30. The zero-order chi connectivity index (χ0) is 16.9. The number of hydrogen-bond acceptors (Lipinski definition) is 7. The maximum atomic E-state index is 12.0. The van der Waals surface area contributed by atoms with Crippen molar-refractivity contribution >= 4 is 28.1 Å². The molecule has 8 heteroatoms. The lowest BCUT2D eigenvalue weighted by atomic mass is 10.4. The van der Waals surface area contributed by atoms with E-state index in [0.29, 0.717) is 23.0 Å². The molecule has 0 fully saturated rings. The molecule has 0 aromatic carbocycles. The first-order valence-corrected chi connectivity index (χ1v) is 8.00. The molecule has 0 aliphatic rings. The van der Waals surface area contributed by atoms with Gasteiger partial charge >= 0.3 is 5.97 Å². The lowest BCUT2D eigenvalue weighted by Gasteiger charge is -2.04. The van der Waals surface area contributed by atoms with Gasteiger partial charge < -0.3 is 10.1 Å². The summed E-state index contributed by atoms with van der Waals surface area (Å²) in [7, 11) is 0. The highest BCUT2D eigenvalue weighted by Gasteiger charge is 2.13. The SMILES string of the molecule is C=CCNc1nc(C(=O)OCc2cc(=O)n3ccccc3n2)cs1. The molecule has 24 heavy (non-hydrogen) atoms. The van der Waals surface area contributed by atoms with Crippen molar-refractivity contribution in [1.82, 2.24) is 14.4 Å². The van der Waals surface area contributed by atoms with Crippen LogP contribution < -0.4 is 10.9 Å². The van der Waals surface area contributed by atoms with E-state index in [9.17, 15) is 9.59 Å². The van der Waals surface area contributed by atoms with Crippen molar-refractivity contribution < 1.29 is 9.53 Å². The molecular weight excluding hydrogens is 328 g/mol. The minimum atomic E-state index is -0.562. The number of aromatic nitrogens is 3. The number of rotatable bonds is 6. The van der Waals surface area contributed by atoms with Crippen LogP contribution in [0.4, 0.5) is 5.13 Å². The number of ether oxygens (including phenoxy) is 1. The third-order valence-electron chi connectivity index (χ3n) is 3.09. The predicted molar refractivity (Wildman–Crippen MR) is 91.4 cm³/mol. The summed E-state index contributed by atoms with van der Waals surface area (Å²) in [5, 5.41) is 5.22. The summed E-state index contributed by atoms with van der Waals surface area (Å²) in [5.41, 5.74) is 0.876. The number of nitrogens with one attached hydrogen (secondary N) is 1. The largest absolute Gasteiger partial charge is 0.454 e. The van der Waals surface area contributed by atoms with Crippen LogP contribution in [0.2, 0.25) is 0 Å². The van der Waals surface area contributed by atoms with Crippen molar-refractivity contribution in [3.63, 3.8) is 0 Å². The van der Waals surface area contributed by atoms with Crippen LogP contribution >= 0.6 is 11.3 Å². The molecule has 122 valence electrons. The average molecular weight is 342 g/mol. The van der Waals surface area contributed by atoms with E-state index >= 15 is 0 Å². The maximum Gasteiger partial charge on any atom is 0.358 e. The first-order valence-electron chi connectivity index (χ1n) is 7.12. The fraction of sp³-hybridized carbons (Fsp3) is 0.125. The summed E-state index contributed by atoms with van der Waals surface area (Å²) in [6.45, 7) is 4.07. The Morgan fingerprint density at radius 1 is 1.42 bits per heavy atom. The van der Waals surface area contributed by atoms with Crippen molar-refractivity contribution in [2.45, 2.75) is 6.61 Å². The van der Waals surface area contributed by atoms with Gasteiger partial charge in [-0.15, -0.1) is 17.9 Å². The Kier molecular flexibility index (Phi) is 4.66. The Bertz CT molecular complexity index is 948. The van der Waals surface area contributed by atoms with Gasteiger partial charge in [0.2, 0.25) is 0 Å². The van der Waals surface area contributed by atoms with Gasteiger partial charge in [0.05, 0.1) is 5.69 Å². The molecule has 0 bridgehead atoms. The molecule has 0 aliphatic carbocycles. The Hall–Kier alpha value is -3.00. The molecule has 3 heterocycles. The molecule has 0 spiro atoms. The van der Waals surface area contributed by atoms with E-state index in [-0.39, 0.29) is 17.9 Å². The topological polar surface area (TPSA) is 85.6 Å². The van der Waals surface area contributed by atoms with Crippen LogP contribution in [0.1, 0.15) is 16.2 Å². The van der Waals surface area contributed by atoms with E-state index in [1.807, 2.05) is 0 Å². The smallest absolute Gasteiger partial charge is 0.358 e. The van der Waals surface area contributed by atoms with Crippen molar-refractivity contribution in [2.75, 3.05) is 11.9 Å². The standard InChI is InChI=1S/C16H14N4O3S/c1-2-6-17-16-19-12(10-24-16)15(22)23-9-11-8-14(21)20-7-4-3-5-13(20)18-11/h2-5,7-8,10H,1,6,9H2,(H,17,19). The van der Waals surface area contributed by atoms with Gasteiger partial charge in [0, 0.05) is 24.2 Å². The van der Waals surface area contributed by atoms with Crippen LogP contribution in [0.15, 0.2) is 53.3 Å². The first-order chi connectivity index (χ1) is 11.7. The molecule has 7 nitrogen and oxygen atoms in total. The molecule has 3 aromatic rings. The minimum Gasteiger partial charge on any atom is -0.454 e. The lowest BCUT2D eigenvalue weighted by Crippen LogP contribution is -2.16. The monoisotopic (exact) mass is 342 g/mol. The second kappa shape index (κ2) is 7.05. The van der Waals surface area contributed by atoms with Gasteiger partial charge in [-0.05, 0) is 12.1 Å². The van der Waals surface area contributed by atoms with Crippen molar-refractivity contribution in [3.05, 3.63) is 70.2 Å². The fourth-order valence-electron chi connectivity index (χ4n) is 2.00.